The molecule has 1 N–H and O–H groups in total. The molecule has 0 atom stereocenters. The number of nitrogens with one attached hydrogen (secondary N) is 1. The number of pyridine rings is 1. The summed E-state index contributed by atoms with van der Waals surface area (Å²) in [5, 5.41) is 4.34. The molecule has 0 radical (unpaired) electrons. The molecule has 34 heavy (non-hydrogen) atoms. The van der Waals surface area contributed by atoms with Crippen LogP contribution in [-0.2, 0) is 20.2 Å². The minimum atomic E-state index is -3.51. The van der Waals surface area contributed by atoms with E-state index < -0.39 is 20.7 Å². The zero-order valence-electron chi connectivity index (χ0n) is 19.3. The van der Waals surface area contributed by atoms with Gasteiger partial charge in [0.2, 0.25) is 21.8 Å². The van der Waals surface area contributed by atoms with Crippen LogP contribution in [0.4, 0.5) is 17.2 Å². The topological polar surface area (TPSA) is 115 Å². The van der Waals surface area contributed by atoms with E-state index in [2.05, 4.69) is 14.9 Å². The number of carbonyl (C=O) groups is 1. The second kappa shape index (κ2) is 7.84. The van der Waals surface area contributed by atoms with Crippen molar-refractivity contribution in [1.29, 1.82) is 0 Å². The lowest BCUT2D eigenvalue weighted by Gasteiger charge is -2.21. The van der Waals surface area contributed by atoms with Crippen LogP contribution in [0.25, 0.3) is 11.0 Å². The number of amides is 1. The summed E-state index contributed by atoms with van der Waals surface area (Å²) in [6, 6.07) is 5.10. The lowest BCUT2D eigenvalue weighted by atomic mass is 9.85. The highest BCUT2D eigenvalue weighted by Crippen LogP contribution is 2.48. The van der Waals surface area contributed by atoms with Gasteiger partial charge in [-0.15, -0.1) is 0 Å². The van der Waals surface area contributed by atoms with E-state index in [-0.39, 0.29) is 11.7 Å². The van der Waals surface area contributed by atoms with E-state index in [9.17, 15) is 13.2 Å². The lowest BCUT2D eigenvalue weighted by molar-refractivity contribution is -0.121. The molecule has 2 aromatic heterocycles. The molecular formula is C23H25ClN4O5S. The molecule has 1 fully saturated rings. The number of halogens is 1. The number of carbonyl (C=O) groups excluding carboxylic acids is 1. The molecule has 1 saturated carbocycles. The average Bonchev–Trinajstić information content (AvgIpc) is 3.53. The van der Waals surface area contributed by atoms with Crippen molar-refractivity contribution in [3.8, 4) is 5.88 Å². The monoisotopic (exact) mass is 504 g/mol. The number of nitrogens with zero attached hydrogens (tertiary/aromatic N) is 3. The molecule has 0 spiro atoms. The highest BCUT2D eigenvalue weighted by atomic mass is 35.5. The van der Waals surface area contributed by atoms with Gasteiger partial charge in [-0.1, -0.05) is 30.6 Å². The molecule has 1 amide bonds. The molecule has 3 aromatic rings. The number of hydrogen-bond donors (Lipinski definition) is 1. The highest BCUT2D eigenvalue weighted by Gasteiger charge is 2.46. The van der Waals surface area contributed by atoms with Crippen molar-refractivity contribution >= 4 is 55.7 Å². The summed E-state index contributed by atoms with van der Waals surface area (Å²) < 4.78 is 38.4. The Balaban J connectivity index is 1.55. The predicted octanol–water partition coefficient (Wildman–Crippen LogP) is 4.77. The molecule has 1 aliphatic heterocycles. The zero-order valence-corrected chi connectivity index (χ0v) is 20.8. The third-order valence-electron chi connectivity index (χ3n) is 6.05. The molecule has 1 aliphatic carbocycles. The molecule has 180 valence electrons. The normalized spacial score (nSPS) is 17.5. The molecule has 5 rings (SSSR count). The molecule has 9 nitrogen and oxygen atoms in total. The van der Waals surface area contributed by atoms with Gasteiger partial charge in [0.15, 0.2) is 11.4 Å². The van der Waals surface area contributed by atoms with Gasteiger partial charge in [0.05, 0.1) is 40.2 Å². The van der Waals surface area contributed by atoms with Gasteiger partial charge in [0, 0.05) is 6.07 Å². The summed E-state index contributed by atoms with van der Waals surface area (Å²) in [5.41, 5.74) is 1.29. The number of sulfonamides is 1. The lowest BCUT2D eigenvalue weighted by Crippen LogP contribution is -2.33. The molecule has 0 unspecified atom stereocenters. The standard InChI is InChI=1S/C23H25ClN4O5S/c1-12(2)11-32-21-17(24)7-13(10-25-21)28-18-9-19-15(8-16(18)23(3,4)22(28)29)20(26-33-19)27-34(30,31)14-5-6-14/h7-10,12,14H,5-6,11H2,1-4H3,(H,26,27). The maximum absolute atomic E-state index is 13.5. The number of benzene rings is 1. The van der Waals surface area contributed by atoms with E-state index in [0.717, 1.165) is 5.56 Å². The van der Waals surface area contributed by atoms with E-state index in [0.29, 0.717) is 58.6 Å². The number of hydrogen-bond acceptors (Lipinski definition) is 7. The van der Waals surface area contributed by atoms with Crippen molar-refractivity contribution in [2.45, 2.75) is 51.2 Å². The van der Waals surface area contributed by atoms with Gasteiger partial charge in [-0.3, -0.25) is 14.4 Å². The van der Waals surface area contributed by atoms with E-state index in [4.69, 9.17) is 20.9 Å². The molecule has 11 heteroatoms. The quantitative estimate of drug-likeness (QED) is 0.492. The Labute approximate surface area is 202 Å². The molecule has 0 saturated heterocycles. The molecule has 0 bridgehead atoms. The average molecular weight is 505 g/mol. The van der Waals surface area contributed by atoms with Crippen LogP contribution in [0.5, 0.6) is 5.88 Å². The van der Waals surface area contributed by atoms with Gasteiger partial charge >= 0.3 is 0 Å². The van der Waals surface area contributed by atoms with Crippen molar-refractivity contribution in [1.82, 2.24) is 10.1 Å². The first kappa shape index (κ1) is 22.9. The number of aromatic nitrogens is 2. The van der Waals surface area contributed by atoms with E-state index >= 15 is 0 Å². The largest absolute Gasteiger partial charge is 0.476 e. The molecular weight excluding hydrogens is 480 g/mol. The van der Waals surface area contributed by atoms with Crippen molar-refractivity contribution in [2.75, 3.05) is 16.2 Å². The second-order valence-corrected chi connectivity index (χ2v) is 12.1. The third-order valence-corrected chi connectivity index (χ3v) is 8.14. The maximum atomic E-state index is 13.5. The van der Waals surface area contributed by atoms with Crippen LogP contribution in [-0.4, -0.2) is 36.3 Å². The Morgan fingerprint density at radius 3 is 2.68 bits per heavy atom. The Kier molecular flexibility index (Phi) is 5.29. The summed E-state index contributed by atoms with van der Waals surface area (Å²) in [7, 11) is -3.51. The highest BCUT2D eigenvalue weighted by molar-refractivity contribution is 7.93. The van der Waals surface area contributed by atoms with Gasteiger partial charge in [-0.25, -0.2) is 13.4 Å². The van der Waals surface area contributed by atoms with Gasteiger partial charge in [0.1, 0.15) is 5.02 Å². The Bertz CT molecular complexity index is 1410. The first-order chi connectivity index (χ1) is 16.0. The van der Waals surface area contributed by atoms with E-state index in [1.54, 1.807) is 24.4 Å². The summed E-state index contributed by atoms with van der Waals surface area (Å²) in [6.07, 6.45) is 2.81. The number of ether oxygens (including phenoxy) is 1. The fraction of sp³-hybridized carbons (Fsp3) is 0.435. The third kappa shape index (κ3) is 3.78. The first-order valence-corrected chi connectivity index (χ1v) is 13.0. The smallest absolute Gasteiger partial charge is 0.241 e. The van der Waals surface area contributed by atoms with Crippen LogP contribution in [0, 0.1) is 5.92 Å². The van der Waals surface area contributed by atoms with Crippen molar-refractivity contribution in [3.05, 3.63) is 35.0 Å². The Morgan fingerprint density at radius 1 is 1.29 bits per heavy atom. The van der Waals surface area contributed by atoms with Crippen LogP contribution >= 0.6 is 11.6 Å². The number of rotatable bonds is 7. The van der Waals surface area contributed by atoms with E-state index in [1.807, 2.05) is 27.7 Å². The number of anilines is 3. The number of fused-ring (bicyclic) bond motifs is 2. The predicted molar refractivity (Wildman–Crippen MR) is 129 cm³/mol. The second-order valence-electron chi connectivity index (χ2n) is 9.69. The van der Waals surface area contributed by atoms with Crippen LogP contribution in [0.2, 0.25) is 5.02 Å². The van der Waals surface area contributed by atoms with E-state index in [1.165, 1.54) is 4.90 Å². The van der Waals surface area contributed by atoms with Crippen LogP contribution < -0.4 is 14.4 Å². The molecule has 1 aromatic carbocycles. The van der Waals surface area contributed by atoms with Gasteiger partial charge in [-0.05, 0) is 50.3 Å². The van der Waals surface area contributed by atoms with Crippen molar-refractivity contribution < 1.29 is 22.5 Å². The summed E-state index contributed by atoms with van der Waals surface area (Å²) in [5.74, 6) is 0.580. The van der Waals surface area contributed by atoms with Gasteiger partial charge in [-0.2, -0.15) is 0 Å². The first-order valence-electron chi connectivity index (χ1n) is 11.1. The van der Waals surface area contributed by atoms with Gasteiger partial charge < -0.3 is 9.26 Å². The van der Waals surface area contributed by atoms with Crippen LogP contribution in [0.15, 0.2) is 28.9 Å². The maximum Gasteiger partial charge on any atom is 0.241 e. The minimum absolute atomic E-state index is 0.128. The van der Waals surface area contributed by atoms with Crippen molar-refractivity contribution in [2.24, 2.45) is 5.92 Å². The molecule has 2 aliphatic rings. The minimum Gasteiger partial charge on any atom is -0.476 e. The zero-order chi connectivity index (χ0) is 24.4. The van der Waals surface area contributed by atoms with Crippen LogP contribution in [0.3, 0.4) is 0 Å². The Morgan fingerprint density at radius 2 is 2.03 bits per heavy atom. The van der Waals surface area contributed by atoms with Gasteiger partial charge in [0.25, 0.3) is 0 Å². The summed E-state index contributed by atoms with van der Waals surface area (Å²) in [6.45, 7) is 8.15. The fourth-order valence-corrected chi connectivity index (χ4v) is 5.53. The SMILES string of the molecule is CC(C)COc1ncc(N2C(=O)C(C)(C)c3cc4c(NS(=O)(=O)C5CC5)noc4cc32)cc1Cl. The summed E-state index contributed by atoms with van der Waals surface area (Å²) in [4.78, 5) is 19.3. The Hall–Kier alpha value is -2.85. The van der Waals surface area contributed by atoms with Crippen LogP contribution in [0.1, 0.15) is 46.1 Å². The summed E-state index contributed by atoms with van der Waals surface area (Å²) >= 11 is 6.41. The fourth-order valence-electron chi connectivity index (χ4n) is 3.98. The van der Waals surface area contributed by atoms with Crippen molar-refractivity contribution in [3.63, 3.8) is 0 Å². The molecule has 3 heterocycles.